The Bertz CT molecular complexity index is 187. The lowest BCUT2D eigenvalue weighted by Crippen LogP contribution is -2.48. The summed E-state index contributed by atoms with van der Waals surface area (Å²) in [6.07, 6.45) is 3.05. The van der Waals surface area contributed by atoms with E-state index < -0.39 is 5.54 Å². The number of likely N-dealkylation sites (N-methyl/N-ethyl adjacent to an activating group) is 1. The van der Waals surface area contributed by atoms with Gasteiger partial charge in [-0.15, -0.1) is 0 Å². The monoisotopic (exact) mass is 233 g/mol. The van der Waals surface area contributed by atoms with Crippen LogP contribution in [0.1, 0.15) is 33.1 Å². The lowest BCUT2D eigenvalue weighted by Gasteiger charge is -2.25. The number of unbranched alkanes of at least 4 members (excludes halogenated alkanes) is 1. The minimum atomic E-state index is -0.522. The van der Waals surface area contributed by atoms with Crippen LogP contribution in [0.2, 0.25) is 0 Å². The Kier molecular flexibility index (Phi) is 7.88. The number of esters is 1. The summed E-state index contributed by atoms with van der Waals surface area (Å²) in [5, 5.41) is 3.04. The van der Waals surface area contributed by atoms with Crippen molar-refractivity contribution in [1.82, 2.24) is 5.32 Å². The van der Waals surface area contributed by atoms with E-state index in [1.54, 1.807) is 7.05 Å². The Morgan fingerprint density at radius 2 is 2.13 bits per heavy atom. The Morgan fingerprint density at radius 1 is 1.47 bits per heavy atom. The average Bonchev–Trinajstić information content (AvgIpc) is 2.27. The lowest BCUT2D eigenvalue weighted by atomic mass is 9.95. The quantitative estimate of drug-likeness (QED) is 0.514. The molecule has 0 aliphatic heterocycles. The van der Waals surface area contributed by atoms with Crippen LogP contribution in [0.15, 0.2) is 0 Å². The molecule has 0 amide bonds. The van der Waals surface area contributed by atoms with Crippen molar-refractivity contribution in [3.8, 4) is 0 Å². The molecular weight excluding hydrogens is 210 g/mol. The molecule has 4 heteroatoms. The molecule has 3 nitrogen and oxygen atoms in total. The fourth-order valence-electron chi connectivity index (χ4n) is 1.38. The number of rotatable bonds is 8. The van der Waals surface area contributed by atoms with Crippen molar-refractivity contribution < 1.29 is 9.53 Å². The number of thioether (sulfide) groups is 1. The zero-order chi connectivity index (χ0) is 11.7. The zero-order valence-electron chi connectivity index (χ0n) is 10.3. The van der Waals surface area contributed by atoms with Crippen LogP contribution in [-0.2, 0) is 9.53 Å². The largest absolute Gasteiger partial charge is 0.468 e. The first-order valence-electron chi connectivity index (χ1n) is 5.45. The number of nitrogens with one attached hydrogen (secondary N) is 1. The SMILES string of the molecule is CCSCCCCC(C)(NC)C(=O)OC. The number of carbonyl (C=O) groups excluding carboxylic acids is 1. The van der Waals surface area contributed by atoms with E-state index >= 15 is 0 Å². The first-order chi connectivity index (χ1) is 7.10. The lowest BCUT2D eigenvalue weighted by molar-refractivity contribution is -0.148. The van der Waals surface area contributed by atoms with Crippen molar-refractivity contribution in [1.29, 1.82) is 0 Å². The Hall–Kier alpha value is -0.220. The van der Waals surface area contributed by atoms with Gasteiger partial charge >= 0.3 is 5.97 Å². The molecule has 0 rings (SSSR count). The molecular formula is C11H23NO2S. The molecule has 1 atom stereocenters. The van der Waals surface area contributed by atoms with E-state index in [0.29, 0.717) is 0 Å². The van der Waals surface area contributed by atoms with Crippen molar-refractivity contribution in [2.75, 3.05) is 25.7 Å². The molecule has 0 heterocycles. The molecule has 1 unspecified atom stereocenters. The zero-order valence-corrected chi connectivity index (χ0v) is 11.1. The Labute approximate surface area is 97.3 Å². The predicted molar refractivity (Wildman–Crippen MR) is 66.3 cm³/mol. The molecule has 90 valence electrons. The Morgan fingerprint density at radius 3 is 2.60 bits per heavy atom. The van der Waals surface area contributed by atoms with Crippen LogP contribution < -0.4 is 5.32 Å². The maximum absolute atomic E-state index is 11.5. The normalized spacial score (nSPS) is 14.7. The van der Waals surface area contributed by atoms with Gasteiger partial charge in [0.2, 0.25) is 0 Å². The summed E-state index contributed by atoms with van der Waals surface area (Å²) in [6, 6.07) is 0. The standard InChI is InChI=1S/C11H23NO2S/c1-5-15-9-7-6-8-11(2,12-3)10(13)14-4/h12H,5-9H2,1-4H3. The fraction of sp³-hybridized carbons (Fsp3) is 0.909. The van der Waals surface area contributed by atoms with Gasteiger partial charge in [-0.1, -0.05) is 13.3 Å². The molecule has 1 N–H and O–H groups in total. The minimum absolute atomic E-state index is 0.173. The van der Waals surface area contributed by atoms with E-state index in [0.717, 1.165) is 19.3 Å². The summed E-state index contributed by atoms with van der Waals surface area (Å²) in [5.74, 6) is 2.17. The molecule has 0 radical (unpaired) electrons. The second-order valence-corrected chi connectivity index (χ2v) is 5.12. The highest BCUT2D eigenvalue weighted by Gasteiger charge is 2.31. The topological polar surface area (TPSA) is 38.3 Å². The first kappa shape index (κ1) is 14.8. The van der Waals surface area contributed by atoms with E-state index in [9.17, 15) is 4.79 Å². The van der Waals surface area contributed by atoms with Crippen molar-refractivity contribution in [2.24, 2.45) is 0 Å². The number of ether oxygens (including phenoxy) is 1. The predicted octanol–water partition coefficient (Wildman–Crippen LogP) is 2.06. The van der Waals surface area contributed by atoms with Gasteiger partial charge in [-0.3, -0.25) is 4.79 Å². The fourth-order valence-corrected chi connectivity index (χ4v) is 2.08. The molecule has 0 aromatic heterocycles. The van der Waals surface area contributed by atoms with E-state index in [1.165, 1.54) is 18.6 Å². The van der Waals surface area contributed by atoms with Gasteiger partial charge in [-0.2, -0.15) is 11.8 Å². The van der Waals surface area contributed by atoms with Gasteiger partial charge in [-0.05, 0) is 38.3 Å². The number of methoxy groups -OCH3 is 1. The van der Waals surface area contributed by atoms with E-state index in [4.69, 9.17) is 4.74 Å². The van der Waals surface area contributed by atoms with Crippen LogP contribution in [0.4, 0.5) is 0 Å². The highest BCUT2D eigenvalue weighted by molar-refractivity contribution is 7.99. The van der Waals surface area contributed by atoms with E-state index in [2.05, 4.69) is 12.2 Å². The summed E-state index contributed by atoms with van der Waals surface area (Å²) in [6.45, 7) is 4.06. The van der Waals surface area contributed by atoms with Crippen LogP contribution in [0.3, 0.4) is 0 Å². The van der Waals surface area contributed by atoms with Crippen molar-refractivity contribution in [2.45, 2.75) is 38.6 Å². The summed E-state index contributed by atoms with van der Waals surface area (Å²) in [4.78, 5) is 11.5. The van der Waals surface area contributed by atoms with E-state index in [-0.39, 0.29) is 5.97 Å². The molecule has 15 heavy (non-hydrogen) atoms. The first-order valence-corrected chi connectivity index (χ1v) is 6.61. The van der Waals surface area contributed by atoms with Crippen molar-refractivity contribution >= 4 is 17.7 Å². The molecule has 0 aliphatic rings. The highest BCUT2D eigenvalue weighted by Crippen LogP contribution is 2.16. The second-order valence-electron chi connectivity index (χ2n) is 3.73. The van der Waals surface area contributed by atoms with Gasteiger partial charge in [-0.25, -0.2) is 0 Å². The van der Waals surface area contributed by atoms with Crippen LogP contribution in [-0.4, -0.2) is 37.2 Å². The van der Waals surface area contributed by atoms with Crippen molar-refractivity contribution in [3.05, 3.63) is 0 Å². The van der Waals surface area contributed by atoms with Crippen LogP contribution >= 0.6 is 11.8 Å². The molecule has 0 bridgehead atoms. The van der Waals surface area contributed by atoms with Gasteiger partial charge < -0.3 is 10.1 Å². The molecule has 0 fully saturated rings. The minimum Gasteiger partial charge on any atom is -0.468 e. The van der Waals surface area contributed by atoms with Gasteiger partial charge in [0.25, 0.3) is 0 Å². The molecule has 0 aromatic rings. The number of carbonyl (C=O) groups is 1. The average molecular weight is 233 g/mol. The van der Waals surface area contributed by atoms with Gasteiger partial charge in [0.1, 0.15) is 5.54 Å². The summed E-state index contributed by atoms with van der Waals surface area (Å²) < 4.78 is 4.78. The maximum Gasteiger partial charge on any atom is 0.325 e. The third-order valence-electron chi connectivity index (χ3n) is 2.61. The van der Waals surface area contributed by atoms with Crippen LogP contribution in [0, 0.1) is 0 Å². The molecule has 0 saturated carbocycles. The van der Waals surface area contributed by atoms with Gasteiger partial charge in [0.15, 0.2) is 0 Å². The van der Waals surface area contributed by atoms with Crippen LogP contribution in [0.5, 0.6) is 0 Å². The van der Waals surface area contributed by atoms with Gasteiger partial charge in [0.05, 0.1) is 7.11 Å². The van der Waals surface area contributed by atoms with Crippen molar-refractivity contribution in [3.63, 3.8) is 0 Å². The maximum atomic E-state index is 11.5. The smallest absolute Gasteiger partial charge is 0.325 e. The summed E-state index contributed by atoms with van der Waals surface area (Å²) in [7, 11) is 3.24. The van der Waals surface area contributed by atoms with Gasteiger partial charge in [0, 0.05) is 0 Å². The highest BCUT2D eigenvalue weighted by atomic mass is 32.2. The molecule has 0 saturated heterocycles. The third kappa shape index (κ3) is 5.42. The summed E-state index contributed by atoms with van der Waals surface area (Å²) in [5.41, 5.74) is -0.522. The molecule has 0 spiro atoms. The molecule has 0 aromatic carbocycles. The molecule has 0 aliphatic carbocycles. The van der Waals surface area contributed by atoms with Crippen LogP contribution in [0.25, 0.3) is 0 Å². The number of hydrogen-bond donors (Lipinski definition) is 1. The Balaban J connectivity index is 3.83. The summed E-state index contributed by atoms with van der Waals surface area (Å²) >= 11 is 1.94. The second kappa shape index (κ2) is 7.99. The third-order valence-corrected chi connectivity index (χ3v) is 3.59. The number of hydrogen-bond acceptors (Lipinski definition) is 4. The van der Waals surface area contributed by atoms with E-state index in [1.807, 2.05) is 18.7 Å².